The van der Waals surface area contributed by atoms with Gasteiger partial charge in [-0.3, -0.25) is 5.10 Å². The molecule has 1 aliphatic heterocycles. The van der Waals surface area contributed by atoms with E-state index >= 15 is 0 Å². The number of hydrogen-bond donors (Lipinski definition) is 2. The molecule has 17 heavy (non-hydrogen) atoms. The van der Waals surface area contributed by atoms with Crippen LogP contribution in [0.1, 0.15) is 39.4 Å². The average molecular weight is 237 g/mol. The lowest BCUT2D eigenvalue weighted by atomic mass is 9.92. The lowest BCUT2D eigenvalue weighted by Gasteiger charge is -2.28. The zero-order chi connectivity index (χ0) is 12.5. The first-order valence-electron chi connectivity index (χ1n) is 6.36. The van der Waals surface area contributed by atoms with E-state index in [-0.39, 0.29) is 5.41 Å². The molecular weight excluding hydrogens is 214 g/mol. The van der Waals surface area contributed by atoms with Crippen LogP contribution in [0.2, 0.25) is 0 Å². The predicted octanol–water partition coefficient (Wildman–Crippen LogP) is 1.32. The van der Waals surface area contributed by atoms with E-state index in [0.717, 1.165) is 44.1 Å². The summed E-state index contributed by atoms with van der Waals surface area (Å²) in [5.74, 6) is 1.80. The smallest absolute Gasteiger partial charge is 0.244 e. The maximum atomic E-state index is 5.89. The van der Waals surface area contributed by atoms with E-state index < -0.39 is 0 Å². The van der Waals surface area contributed by atoms with Crippen molar-refractivity contribution >= 4 is 5.95 Å². The molecule has 5 nitrogen and oxygen atoms in total. The molecule has 0 unspecified atom stereocenters. The number of anilines is 1. The van der Waals surface area contributed by atoms with Crippen molar-refractivity contribution in [2.24, 2.45) is 11.1 Å². The lowest BCUT2D eigenvalue weighted by molar-refractivity contribution is 0.401. The highest BCUT2D eigenvalue weighted by atomic mass is 15.4. The van der Waals surface area contributed by atoms with Crippen molar-refractivity contribution in [1.29, 1.82) is 0 Å². The van der Waals surface area contributed by atoms with Gasteiger partial charge in [-0.1, -0.05) is 20.8 Å². The Bertz CT molecular complexity index is 357. The standard InChI is InChI=1S/C12H23N5/c1-12(2,3)8-10-14-11(16-15-10)17-6-4-9(13)5-7-17/h9H,4-8,13H2,1-3H3,(H,14,15,16). The molecule has 2 rings (SSSR count). The third kappa shape index (κ3) is 3.43. The monoisotopic (exact) mass is 237 g/mol. The van der Waals surface area contributed by atoms with Crippen LogP contribution < -0.4 is 10.6 Å². The molecule has 1 aliphatic rings. The summed E-state index contributed by atoms with van der Waals surface area (Å²) in [4.78, 5) is 6.78. The van der Waals surface area contributed by atoms with Gasteiger partial charge in [0.2, 0.25) is 5.95 Å². The Labute approximate surface area is 103 Å². The Kier molecular flexibility index (Phi) is 3.38. The summed E-state index contributed by atoms with van der Waals surface area (Å²) < 4.78 is 0. The molecule has 0 radical (unpaired) electrons. The summed E-state index contributed by atoms with van der Waals surface area (Å²) in [6, 6.07) is 0.347. The fourth-order valence-corrected chi connectivity index (χ4v) is 2.11. The molecule has 1 aromatic rings. The lowest BCUT2D eigenvalue weighted by Crippen LogP contribution is -2.40. The van der Waals surface area contributed by atoms with Gasteiger partial charge in [0, 0.05) is 25.6 Å². The molecule has 0 bridgehead atoms. The summed E-state index contributed by atoms with van der Waals surface area (Å²) >= 11 is 0. The Morgan fingerprint density at radius 3 is 2.59 bits per heavy atom. The maximum Gasteiger partial charge on any atom is 0.244 e. The second kappa shape index (κ2) is 4.64. The van der Waals surface area contributed by atoms with Crippen LogP contribution in [0.15, 0.2) is 0 Å². The molecule has 0 amide bonds. The van der Waals surface area contributed by atoms with E-state index in [0.29, 0.717) is 6.04 Å². The SMILES string of the molecule is CC(C)(C)Cc1nc(N2CCC(N)CC2)n[nH]1. The normalized spacial score (nSPS) is 18.7. The quantitative estimate of drug-likeness (QED) is 0.814. The number of hydrogen-bond acceptors (Lipinski definition) is 4. The number of aromatic amines is 1. The van der Waals surface area contributed by atoms with Gasteiger partial charge >= 0.3 is 0 Å². The predicted molar refractivity (Wildman–Crippen MR) is 69.0 cm³/mol. The number of nitrogens with one attached hydrogen (secondary N) is 1. The maximum absolute atomic E-state index is 5.89. The van der Waals surface area contributed by atoms with E-state index in [1.54, 1.807) is 0 Å². The zero-order valence-electron chi connectivity index (χ0n) is 11.0. The van der Waals surface area contributed by atoms with Gasteiger partial charge in [-0.15, -0.1) is 5.10 Å². The fraction of sp³-hybridized carbons (Fsp3) is 0.833. The Morgan fingerprint density at radius 1 is 1.35 bits per heavy atom. The third-order valence-electron chi connectivity index (χ3n) is 3.04. The topological polar surface area (TPSA) is 70.8 Å². The molecule has 96 valence electrons. The molecule has 3 N–H and O–H groups in total. The number of nitrogens with zero attached hydrogens (tertiary/aromatic N) is 3. The van der Waals surface area contributed by atoms with E-state index in [9.17, 15) is 0 Å². The van der Waals surface area contributed by atoms with Crippen LogP contribution in [0.25, 0.3) is 0 Å². The van der Waals surface area contributed by atoms with Crippen LogP contribution in [-0.4, -0.2) is 34.3 Å². The molecule has 0 aliphatic carbocycles. The molecule has 2 heterocycles. The highest BCUT2D eigenvalue weighted by molar-refractivity contribution is 5.29. The van der Waals surface area contributed by atoms with E-state index in [1.807, 2.05) is 0 Å². The highest BCUT2D eigenvalue weighted by Gasteiger charge is 2.20. The van der Waals surface area contributed by atoms with Gasteiger partial charge in [-0.2, -0.15) is 4.98 Å². The first-order valence-corrected chi connectivity index (χ1v) is 6.36. The summed E-state index contributed by atoms with van der Waals surface area (Å²) in [7, 11) is 0. The first kappa shape index (κ1) is 12.4. The number of aromatic nitrogens is 3. The first-order chi connectivity index (χ1) is 7.94. The van der Waals surface area contributed by atoms with Crippen molar-refractivity contribution in [1.82, 2.24) is 15.2 Å². The van der Waals surface area contributed by atoms with Crippen molar-refractivity contribution in [3.8, 4) is 0 Å². The second-order valence-corrected chi connectivity index (χ2v) is 6.14. The number of piperidine rings is 1. The van der Waals surface area contributed by atoms with Gasteiger partial charge in [0.25, 0.3) is 0 Å². The van der Waals surface area contributed by atoms with Crippen molar-refractivity contribution in [2.45, 2.75) is 46.1 Å². The van der Waals surface area contributed by atoms with Crippen molar-refractivity contribution in [2.75, 3.05) is 18.0 Å². The molecule has 0 atom stereocenters. The Balaban J connectivity index is 1.98. The molecule has 0 saturated carbocycles. The molecule has 0 aromatic carbocycles. The highest BCUT2D eigenvalue weighted by Crippen LogP contribution is 2.20. The Hall–Kier alpha value is -1.10. The fourth-order valence-electron chi connectivity index (χ4n) is 2.11. The zero-order valence-corrected chi connectivity index (χ0v) is 11.0. The molecule has 5 heteroatoms. The van der Waals surface area contributed by atoms with Gasteiger partial charge in [0.1, 0.15) is 5.82 Å². The molecule has 1 saturated heterocycles. The second-order valence-electron chi connectivity index (χ2n) is 6.14. The summed E-state index contributed by atoms with van der Waals surface area (Å²) in [6.07, 6.45) is 2.99. The van der Waals surface area contributed by atoms with Crippen LogP contribution in [0.4, 0.5) is 5.95 Å². The van der Waals surface area contributed by atoms with E-state index in [2.05, 4.69) is 40.9 Å². The minimum absolute atomic E-state index is 0.237. The van der Waals surface area contributed by atoms with Crippen molar-refractivity contribution in [3.05, 3.63) is 5.82 Å². The van der Waals surface area contributed by atoms with Gasteiger partial charge in [-0.05, 0) is 18.3 Å². The molecule has 1 fully saturated rings. The van der Waals surface area contributed by atoms with Crippen LogP contribution in [-0.2, 0) is 6.42 Å². The van der Waals surface area contributed by atoms with Gasteiger partial charge in [-0.25, -0.2) is 0 Å². The van der Waals surface area contributed by atoms with Crippen LogP contribution in [0.3, 0.4) is 0 Å². The van der Waals surface area contributed by atoms with Crippen LogP contribution in [0, 0.1) is 5.41 Å². The van der Waals surface area contributed by atoms with Crippen molar-refractivity contribution < 1.29 is 0 Å². The molecule has 1 aromatic heterocycles. The summed E-state index contributed by atoms with van der Waals surface area (Å²) in [5, 5.41) is 7.33. The van der Waals surface area contributed by atoms with Crippen LogP contribution >= 0.6 is 0 Å². The Morgan fingerprint density at radius 2 is 2.00 bits per heavy atom. The summed E-state index contributed by atoms with van der Waals surface area (Å²) in [5.41, 5.74) is 6.13. The molecular formula is C12H23N5. The van der Waals surface area contributed by atoms with Gasteiger partial charge < -0.3 is 10.6 Å². The number of nitrogens with two attached hydrogens (primary N) is 1. The summed E-state index contributed by atoms with van der Waals surface area (Å²) in [6.45, 7) is 8.54. The largest absolute Gasteiger partial charge is 0.339 e. The average Bonchev–Trinajstić information content (AvgIpc) is 2.64. The third-order valence-corrected chi connectivity index (χ3v) is 3.04. The molecule has 0 spiro atoms. The number of rotatable bonds is 2. The minimum Gasteiger partial charge on any atom is -0.339 e. The van der Waals surface area contributed by atoms with E-state index in [1.165, 1.54) is 0 Å². The van der Waals surface area contributed by atoms with Gasteiger partial charge in [0.15, 0.2) is 0 Å². The van der Waals surface area contributed by atoms with Crippen LogP contribution in [0.5, 0.6) is 0 Å². The number of H-pyrrole nitrogens is 1. The minimum atomic E-state index is 0.237. The van der Waals surface area contributed by atoms with E-state index in [4.69, 9.17) is 5.73 Å². The van der Waals surface area contributed by atoms with Gasteiger partial charge in [0.05, 0.1) is 0 Å². The van der Waals surface area contributed by atoms with Crippen molar-refractivity contribution in [3.63, 3.8) is 0 Å².